The number of piperazine rings is 1. The van der Waals surface area contributed by atoms with E-state index in [1.54, 1.807) is 14.1 Å². The lowest BCUT2D eigenvalue weighted by molar-refractivity contribution is 0.0439. The van der Waals surface area contributed by atoms with Crippen molar-refractivity contribution < 1.29 is 10.2 Å². The molecule has 24 heavy (non-hydrogen) atoms. The number of hydrogen-bond acceptors (Lipinski definition) is 10. The molecule has 0 aromatic carbocycles. The number of tetrazole rings is 2. The molecule has 2 aromatic rings. The average molecular weight is 338 g/mol. The Balaban J connectivity index is 1.44. The minimum atomic E-state index is -0.750. The molecule has 2 aromatic heterocycles. The molecule has 0 amide bonds. The normalized spacial score (nSPS) is 19.5. The van der Waals surface area contributed by atoms with Crippen molar-refractivity contribution in [2.45, 2.75) is 12.2 Å². The van der Waals surface area contributed by atoms with E-state index in [0.717, 1.165) is 26.2 Å². The Morgan fingerprint density at radius 2 is 1.17 bits per heavy atom. The van der Waals surface area contributed by atoms with Crippen LogP contribution in [0.1, 0.15) is 23.9 Å². The van der Waals surface area contributed by atoms with Gasteiger partial charge in [-0.05, 0) is 10.4 Å². The molecule has 12 nitrogen and oxygen atoms in total. The number of aryl methyl sites for hydroxylation is 2. The van der Waals surface area contributed by atoms with E-state index in [-0.39, 0.29) is 0 Å². The predicted octanol–water partition coefficient (Wildman–Crippen LogP) is -2.88. The molecule has 0 aliphatic carbocycles. The molecule has 2 atom stereocenters. The van der Waals surface area contributed by atoms with Gasteiger partial charge in [0.05, 0.1) is 14.1 Å². The Bertz CT molecular complexity index is 594. The fourth-order valence-electron chi connectivity index (χ4n) is 2.67. The number of rotatable bonds is 6. The van der Waals surface area contributed by atoms with Gasteiger partial charge in [-0.2, -0.15) is 9.59 Å². The van der Waals surface area contributed by atoms with Crippen molar-refractivity contribution in [1.82, 2.24) is 50.2 Å². The van der Waals surface area contributed by atoms with Crippen LogP contribution in [0.4, 0.5) is 0 Å². The van der Waals surface area contributed by atoms with Crippen molar-refractivity contribution in [3.63, 3.8) is 0 Å². The van der Waals surface area contributed by atoms with Crippen LogP contribution in [-0.4, -0.2) is 99.7 Å². The van der Waals surface area contributed by atoms with Crippen molar-refractivity contribution >= 4 is 0 Å². The molecule has 3 rings (SSSR count). The lowest BCUT2D eigenvalue weighted by atomic mass is 10.2. The molecule has 12 heteroatoms. The van der Waals surface area contributed by atoms with Crippen LogP contribution in [-0.2, 0) is 14.1 Å². The van der Waals surface area contributed by atoms with Crippen LogP contribution >= 0.6 is 0 Å². The van der Waals surface area contributed by atoms with E-state index < -0.39 is 12.2 Å². The molecule has 1 saturated heterocycles. The maximum Gasteiger partial charge on any atom is 0.204 e. The summed E-state index contributed by atoms with van der Waals surface area (Å²) in [5.74, 6) is 0.674. The highest BCUT2D eigenvalue weighted by Crippen LogP contribution is 2.13. The molecule has 0 bridgehead atoms. The second kappa shape index (κ2) is 7.25. The van der Waals surface area contributed by atoms with Gasteiger partial charge in [-0.15, -0.1) is 20.4 Å². The number of aliphatic hydroxyl groups is 2. The van der Waals surface area contributed by atoms with Crippen LogP contribution in [0.15, 0.2) is 0 Å². The van der Waals surface area contributed by atoms with Crippen molar-refractivity contribution in [2.24, 2.45) is 14.1 Å². The Morgan fingerprint density at radius 1 is 0.792 bits per heavy atom. The van der Waals surface area contributed by atoms with E-state index in [0.29, 0.717) is 24.7 Å². The number of β-amino-alcohol motifs (C(OH)–C–C–N with tert-alkyl or cyclic N) is 2. The summed E-state index contributed by atoms with van der Waals surface area (Å²) in [5, 5.41) is 43.5. The van der Waals surface area contributed by atoms with Crippen LogP contribution in [0.25, 0.3) is 0 Å². The van der Waals surface area contributed by atoms with Gasteiger partial charge >= 0.3 is 0 Å². The van der Waals surface area contributed by atoms with Crippen LogP contribution in [0, 0.1) is 0 Å². The third-order valence-electron chi connectivity index (χ3n) is 3.97. The van der Waals surface area contributed by atoms with Crippen LogP contribution in [0.2, 0.25) is 0 Å². The summed E-state index contributed by atoms with van der Waals surface area (Å²) in [4.78, 5) is 6.95. The van der Waals surface area contributed by atoms with E-state index in [9.17, 15) is 10.2 Å². The maximum absolute atomic E-state index is 10.1. The fraction of sp³-hybridized carbons (Fsp3) is 0.833. The summed E-state index contributed by atoms with van der Waals surface area (Å²) in [6.45, 7) is 4.09. The summed E-state index contributed by atoms with van der Waals surface area (Å²) in [7, 11) is 3.33. The van der Waals surface area contributed by atoms with Gasteiger partial charge in [0, 0.05) is 39.3 Å². The zero-order valence-electron chi connectivity index (χ0n) is 13.8. The zero-order chi connectivity index (χ0) is 17.1. The van der Waals surface area contributed by atoms with E-state index in [2.05, 4.69) is 40.6 Å². The maximum atomic E-state index is 10.1. The first kappa shape index (κ1) is 16.8. The largest absolute Gasteiger partial charge is 0.384 e. The van der Waals surface area contributed by atoms with Crippen LogP contribution in [0.5, 0.6) is 0 Å². The summed E-state index contributed by atoms with van der Waals surface area (Å²) < 4.78 is 0. The van der Waals surface area contributed by atoms with Crippen LogP contribution < -0.4 is 0 Å². The zero-order valence-corrected chi connectivity index (χ0v) is 13.8. The molecule has 3 heterocycles. The second-order valence-corrected chi connectivity index (χ2v) is 5.91. The second-order valence-electron chi connectivity index (χ2n) is 5.91. The number of nitrogens with zero attached hydrogens (tertiary/aromatic N) is 10. The Morgan fingerprint density at radius 3 is 1.46 bits per heavy atom. The Labute approximate surface area is 138 Å². The molecular formula is C12H22N10O2. The topological polar surface area (TPSA) is 134 Å². The van der Waals surface area contributed by atoms with E-state index >= 15 is 0 Å². The number of hydrogen-bond donors (Lipinski definition) is 2. The quantitative estimate of drug-likeness (QED) is 0.565. The van der Waals surface area contributed by atoms with E-state index in [4.69, 9.17) is 0 Å². The molecule has 0 radical (unpaired) electrons. The third kappa shape index (κ3) is 4.08. The summed E-state index contributed by atoms with van der Waals surface area (Å²) in [5.41, 5.74) is 0. The average Bonchev–Trinajstić information content (AvgIpc) is 3.18. The highest BCUT2D eigenvalue weighted by molar-refractivity contribution is 4.89. The lowest BCUT2D eigenvalue weighted by Crippen LogP contribution is -2.48. The Kier molecular flexibility index (Phi) is 5.08. The van der Waals surface area contributed by atoms with Gasteiger partial charge < -0.3 is 10.2 Å². The molecular weight excluding hydrogens is 316 g/mol. The lowest BCUT2D eigenvalue weighted by Gasteiger charge is -2.35. The number of aliphatic hydroxyl groups excluding tert-OH is 2. The van der Waals surface area contributed by atoms with Gasteiger partial charge in [-0.3, -0.25) is 9.80 Å². The molecule has 1 aliphatic rings. The smallest absolute Gasteiger partial charge is 0.204 e. The summed E-state index contributed by atoms with van der Waals surface area (Å²) >= 11 is 0. The first-order chi connectivity index (χ1) is 11.5. The molecule has 2 unspecified atom stereocenters. The predicted molar refractivity (Wildman–Crippen MR) is 80.4 cm³/mol. The monoisotopic (exact) mass is 338 g/mol. The van der Waals surface area contributed by atoms with Crippen molar-refractivity contribution in [2.75, 3.05) is 39.3 Å². The molecule has 132 valence electrons. The van der Waals surface area contributed by atoms with Crippen molar-refractivity contribution in [3.05, 3.63) is 11.6 Å². The molecule has 0 saturated carbocycles. The molecule has 2 N–H and O–H groups in total. The standard InChI is InChI=1S/C12H22N10O2/c1-19-15-11(13-17-19)9(23)7-21-3-5-22(6-4-21)8-10(24)12-14-18-20(2)16-12/h9-10,23-24H,3-8H2,1-2H3. The minimum absolute atomic E-state index is 0.337. The first-order valence-corrected chi connectivity index (χ1v) is 7.80. The van der Waals surface area contributed by atoms with Gasteiger partial charge in [0.15, 0.2) is 0 Å². The molecule has 1 aliphatic heterocycles. The fourth-order valence-corrected chi connectivity index (χ4v) is 2.67. The van der Waals surface area contributed by atoms with E-state index in [1.165, 1.54) is 9.59 Å². The van der Waals surface area contributed by atoms with Gasteiger partial charge in [0.25, 0.3) is 0 Å². The Hall–Kier alpha value is -2.02. The van der Waals surface area contributed by atoms with Gasteiger partial charge in [0.1, 0.15) is 12.2 Å². The first-order valence-electron chi connectivity index (χ1n) is 7.80. The molecule has 1 fully saturated rings. The van der Waals surface area contributed by atoms with Gasteiger partial charge in [-0.1, -0.05) is 0 Å². The van der Waals surface area contributed by atoms with Crippen LogP contribution in [0.3, 0.4) is 0 Å². The SMILES string of the molecule is Cn1nnc(C(O)CN2CCN(CC(O)c3nnn(C)n3)CC2)n1. The highest BCUT2D eigenvalue weighted by Gasteiger charge is 2.24. The van der Waals surface area contributed by atoms with E-state index in [1.807, 2.05) is 0 Å². The molecule has 0 spiro atoms. The minimum Gasteiger partial charge on any atom is -0.384 e. The summed E-state index contributed by atoms with van der Waals surface area (Å²) in [6.07, 6.45) is -1.50. The van der Waals surface area contributed by atoms with Crippen molar-refractivity contribution in [3.8, 4) is 0 Å². The van der Waals surface area contributed by atoms with Crippen molar-refractivity contribution in [1.29, 1.82) is 0 Å². The highest BCUT2D eigenvalue weighted by atomic mass is 16.3. The van der Waals surface area contributed by atoms with Gasteiger partial charge in [-0.25, -0.2) is 0 Å². The number of aromatic nitrogens is 8. The summed E-state index contributed by atoms with van der Waals surface area (Å²) in [6, 6.07) is 0. The van der Waals surface area contributed by atoms with Gasteiger partial charge in [0.2, 0.25) is 11.6 Å². The third-order valence-corrected chi connectivity index (χ3v) is 3.97.